The average molecular weight is 521 g/mol. The van der Waals surface area contributed by atoms with Gasteiger partial charge in [0, 0.05) is 33.0 Å². The van der Waals surface area contributed by atoms with Crippen LogP contribution in [0.1, 0.15) is 32.8 Å². The quantitative estimate of drug-likeness (QED) is 0.546. The number of benzene rings is 2. The normalized spacial score (nSPS) is 16.9. The Morgan fingerprint density at radius 3 is 2.55 bits per heavy atom. The van der Waals surface area contributed by atoms with Crippen LogP contribution in [-0.2, 0) is 27.7 Å². The van der Waals surface area contributed by atoms with Crippen molar-refractivity contribution in [3.8, 4) is 17.2 Å². The second kappa shape index (κ2) is 11.1. The van der Waals surface area contributed by atoms with Crippen molar-refractivity contribution in [3.63, 3.8) is 0 Å². The molecule has 1 fully saturated rings. The Hall–Kier alpha value is -4.10. The molecule has 2 heterocycles. The Balaban J connectivity index is 1.34. The molecular formula is C28H32N4O6. The first-order chi connectivity index (χ1) is 18.0. The van der Waals surface area contributed by atoms with E-state index in [4.69, 9.17) is 13.9 Å². The predicted molar refractivity (Wildman–Crippen MR) is 140 cm³/mol. The zero-order valence-corrected chi connectivity index (χ0v) is 22.0. The van der Waals surface area contributed by atoms with Crippen molar-refractivity contribution in [1.82, 2.24) is 14.8 Å². The maximum atomic E-state index is 12.8. The number of carbonyl (C=O) groups excluding carboxylic acids is 2. The summed E-state index contributed by atoms with van der Waals surface area (Å²) in [5.74, 6) is -0.787. The van der Waals surface area contributed by atoms with Crippen molar-refractivity contribution >= 4 is 23.1 Å². The molecule has 1 saturated heterocycles. The van der Waals surface area contributed by atoms with Crippen LogP contribution in [0.2, 0.25) is 0 Å². The number of nitriles is 1. The lowest BCUT2D eigenvalue weighted by Crippen LogP contribution is -2.43. The maximum absolute atomic E-state index is 12.8. The number of aryl methyl sites for hydroxylation is 1. The molecule has 1 aliphatic heterocycles. The second-order valence-corrected chi connectivity index (χ2v) is 10.3. The van der Waals surface area contributed by atoms with Crippen LogP contribution in [0.15, 0.2) is 51.7 Å². The van der Waals surface area contributed by atoms with E-state index in [9.17, 15) is 19.6 Å². The summed E-state index contributed by atoms with van der Waals surface area (Å²) in [7, 11) is 1.66. The number of nitrogens with one attached hydrogen (secondary N) is 1. The number of fused-ring (bicyclic) bond motifs is 1. The number of nitrogens with zero attached hydrogens (tertiary/aromatic N) is 3. The van der Waals surface area contributed by atoms with E-state index in [1.807, 2.05) is 36.4 Å². The van der Waals surface area contributed by atoms with Gasteiger partial charge in [0.2, 0.25) is 5.91 Å². The van der Waals surface area contributed by atoms with Gasteiger partial charge in [-0.3, -0.25) is 9.36 Å². The Bertz CT molecular complexity index is 1410. The van der Waals surface area contributed by atoms with Gasteiger partial charge in [-0.25, -0.2) is 9.59 Å². The average Bonchev–Trinajstić information content (AvgIpc) is 3.03. The summed E-state index contributed by atoms with van der Waals surface area (Å²) < 4.78 is 17.7. The fourth-order valence-electron chi connectivity index (χ4n) is 4.26. The van der Waals surface area contributed by atoms with Gasteiger partial charge in [0.1, 0.15) is 17.7 Å². The highest BCUT2D eigenvalue weighted by molar-refractivity contribution is 5.82. The summed E-state index contributed by atoms with van der Waals surface area (Å²) in [5, 5.41) is 12.4. The number of carbonyl (C=O) groups is 2. The zero-order valence-electron chi connectivity index (χ0n) is 22.0. The van der Waals surface area contributed by atoms with Crippen molar-refractivity contribution in [1.29, 1.82) is 5.26 Å². The molecule has 38 heavy (non-hydrogen) atoms. The molecule has 10 heteroatoms. The van der Waals surface area contributed by atoms with E-state index in [1.165, 1.54) is 9.47 Å². The Morgan fingerprint density at radius 2 is 1.87 bits per heavy atom. The van der Waals surface area contributed by atoms with Crippen LogP contribution < -0.4 is 11.1 Å². The van der Waals surface area contributed by atoms with Crippen LogP contribution in [0.3, 0.4) is 0 Å². The monoisotopic (exact) mass is 520 g/mol. The number of hydrogen-bond acceptors (Lipinski definition) is 7. The summed E-state index contributed by atoms with van der Waals surface area (Å²) in [6, 6.07) is 14.6. The van der Waals surface area contributed by atoms with E-state index >= 15 is 0 Å². The van der Waals surface area contributed by atoms with E-state index in [1.54, 1.807) is 33.9 Å². The molecule has 2 amide bonds. The molecule has 4 rings (SSSR count). The van der Waals surface area contributed by atoms with Crippen LogP contribution in [0.4, 0.5) is 4.79 Å². The third-order valence-electron chi connectivity index (χ3n) is 6.28. The summed E-state index contributed by atoms with van der Waals surface area (Å²) in [4.78, 5) is 38.5. The smallest absolute Gasteiger partial charge is 0.419 e. The van der Waals surface area contributed by atoms with Gasteiger partial charge in [-0.15, -0.1) is 0 Å². The molecule has 2 atom stereocenters. The van der Waals surface area contributed by atoms with E-state index in [-0.39, 0.29) is 12.5 Å². The summed E-state index contributed by atoms with van der Waals surface area (Å²) >= 11 is 0. The minimum Gasteiger partial charge on any atom is -0.444 e. The lowest BCUT2D eigenvalue weighted by molar-refractivity contribution is -0.132. The first kappa shape index (κ1) is 26.9. The SMILES string of the molecule is Cn1c(=O)oc2ccc(-c3ccc(C[C@@H](C#N)NC(=O)C4CCN(C(=O)OC(C)(C)C)CCO4)cc3)cc21. The topological polar surface area (TPSA) is 127 Å². The summed E-state index contributed by atoms with van der Waals surface area (Å²) in [6.07, 6.45) is -0.553. The molecule has 0 aliphatic carbocycles. The van der Waals surface area contributed by atoms with Gasteiger partial charge >= 0.3 is 11.8 Å². The van der Waals surface area contributed by atoms with E-state index in [0.29, 0.717) is 37.0 Å². The van der Waals surface area contributed by atoms with Gasteiger partial charge in [0.05, 0.1) is 18.2 Å². The maximum Gasteiger partial charge on any atom is 0.419 e. The van der Waals surface area contributed by atoms with Crippen molar-refractivity contribution in [2.24, 2.45) is 7.05 Å². The number of rotatable bonds is 5. The van der Waals surface area contributed by atoms with Crippen LogP contribution in [0.25, 0.3) is 22.2 Å². The van der Waals surface area contributed by atoms with Gasteiger partial charge in [0.25, 0.3) is 0 Å². The minimum atomic E-state index is -0.755. The summed E-state index contributed by atoms with van der Waals surface area (Å²) in [5.41, 5.74) is 3.39. The van der Waals surface area contributed by atoms with Gasteiger partial charge in [-0.1, -0.05) is 30.3 Å². The first-order valence-electron chi connectivity index (χ1n) is 12.5. The van der Waals surface area contributed by atoms with Crippen molar-refractivity contribution < 1.29 is 23.5 Å². The fraction of sp³-hybridized carbons (Fsp3) is 0.429. The van der Waals surface area contributed by atoms with Crippen LogP contribution in [0.5, 0.6) is 0 Å². The van der Waals surface area contributed by atoms with E-state index in [2.05, 4.69) is 11.4 Å². The molecule has 0 bridgehead atoms. The first-order valence-corrected chi connectivity index (χ1v) is 12.5. The number of aromatic nitrogens is 1. The lowest BCUT2D eigenvalue weighted by Gasteiger charge is -2.26. The highest BCUT2D eigenvalue weighted by Gasteiger charge is 2.29. The van der Waals surface area contributed by atoms with E-state index in [0.717, 1.165) is 16.7 Å². The molecule has 1 aromatic heterocycles. The second-order valence-electron chi connectivity index (χ2n) is 10.3. The van der Waals surface area contributed by atoms with E-state index < -0.39 is 29.6 Å². The molecule has 1 unspecified atom stereocenters. The largest absolute Gasteiger partial charge is 0.444 e. The Morgan fingerprint density at radius 1 is 1.16 bits per heavy atom. The van der Waals surface area contributed by atoms with Crippen LogP contribution in [0, 0.1) is 11.3 Å². The standard InChI is InChI=1S/C28H32N4O6/c1-28(2,3)38-27(35)32-12-11-24(36-14-13-32)25(33)30-21(17-29)15-18-5-7-19(8-6-18)20-9-10-23-22(16-20)31(4)26(34)37-23/h5-10,16,21,24H,11-15H2,1-4H3,(H,30,33)/t21-,24?/m0/s1. The van der Waals surface area contributed by atoms with Crippen molar-refractivity contribution in [2.75, 3.05) is 19.7 Å². The molecule has 200 valence electrons. The Labute approximate surface area is 220 Å². The Kier molecular flexibility index (Phi) is 7.88. The molecule has 10 nitrogen and oxygen atoms in total. The number of hydrogen-bond donors (Lipinski definition) is 1. The molecule has 0 saturated carbocycles. The van der Waals surface area contributed by atoms with Gasteiger partial charge in [-0.2, -0.15) is 5.26 Å². The van der Waals surface area contributed by atoms with Crippen LogP contribution >= 0.6 is 0 Å². The van der Waals surface area contributed by atoms with Crippen molar-refractivity contribution in [2.45, 2.75) is 51.4 Å². The molecule has 1 N–H and O–H groups in total. The lowest BCUT2D eigenvalue weighted by atomic mass is 10.0. The molecule has 0 radical (unpaired) electrons. The molecule has 0 spiro atoms. The fourth-order valence-corrected chi connectivity index (χ4v) is 4.26. The number of ether oxygens (including phenoxy) is 2. The van der Waals surface area contributed by atoms with Crippen molar-refractivity contribution in [3.05, 3.63) is 58.6 Å². The van der Waals surface area contributed by atoms with Gasteiger partial charge < -0.3 is 24.1 Å². The number of amides is 2. The van der Waals surface area contributed by atoms with Gasteiger partial charge in [0.15, 0.2) is 5.58 Å². The third kappa shape index (κ3) is 6.42. The van der Waals surface area contributed by atoms with Gasteiger partial charge in [-0.05, 0) is 49.6 Å². The number of oxazole rings is 1. The highest BCUT2D eigenvalue weighted by Crippen LogP contribution is 2.24. The molecule has 1 aliphatic rings. The summed E-state index contributed by atoms with van der Waals surface area (Å²) in [6.45, 7) is 6.26. The molecule has 2 aromatic carbocycles. The van der Waals surface area contributed by atoms with Crippen LogP contribution in [-0.4, -0.2) is 58.9 Å². The highest BCUT2D eigenvalue weighted by atomic mass is 16.6. The molecular weight excluding hydrogens is 488 g/mol. The zero-order chi connectivity index (χ0) is 27.4. The third-order valence-corrected chi connectivity index (χ3v) is 6.28. The molecule has 3 aromatic rings. The predicted octanol–water partition coefficient (Wildman–Crippen LogP) is 3.38. The minimum absolute atomic E-state index is 0.203.